The molecule has 0 atom stereocenters. The molecule has 3 nitrogen and oxygen atoms in total. The number of nitrogens with zero attached hydrogens (tertiary/aromatic N) is 1. The second-order valence-electron chi connectivity index (χ2n) is 4.79. The topological polar surface area (TPSA) is 29.5 Å². The first-order chi connectivity index (χ1) is 10.1. The van der Waals surface area contributed by atoms with Crippen LogP contribution in [0.4, 0.5) is 5.69 Å². The Morgan fingerprint density at radius 1 is 1.29 bits per heavy atom. The molecule has 0 aromatic heterocycles. The van der Waals surface area contributed by atoms with E-state index in [4.69, 9.17) is 16.3 Å². The fraction of sp³-hybridized carbons (Fsp3) is 0.188. The maximum Gasteiger partial charge on any atom is 0.264 e. The Balaban J connectivity index is 1.68. The minimum atomic E-state index is -0.0400. The van der Waals surface area contributed by atoms with Gasteiger partial charge in [0.15, 0.2) is 6.61 Å². The van der Waals surface area contributed by atoms with E-state index in [1.54, 1.807) is 23.1 Å². The average Bonchev–Trinajstić information content (AvgIpc) is 2.90. The SMILES string of the molecule is O=C(COc1ccc(Cl)cc1Br)N1CCc2ccccc21. The largest absolute Gasteiger partial charge is 0.483 e. The van der Waals surface area contributed by atoms with Crippen LogP contribution in [0.25, 0.3) is 0 Å². The number of fused-ring (bicyclic) bond motifs is 1. The molecule has 0 fully saturated rings. The highest BCUT2D eigenvalue weighted by Gasteiger charge is 2.24. The summed E-state index contributed by atoms with van der Waals surface area (Å²) in [7, 11) is 0. The molecule has 0 unspecified atom stereocenters. The first-order valence-corrected chi connectivity index (χ1v) is 7.78. The van der Waals surface area contributed by atoms with E-state index in [-0.39, 0.29) is 12.5 Å². The third-order valence-electron chi connectivity index (χ3n) is 3.43. The number of hydrogen-bond donors (Lipinski definition) is 0. The summed E-state index contributed by atoms with van der Waals surface area (Å²) < 4.78 is 6.32. The number of halogens is 2. The normalized spacial score (nSPS) is 13.1. The van der Waals surface area contributed by atoms with Gasteiger partial charge in [0, 0.05) is 17.3 Å². The van der Waals surface area contributed by atoms with Crippen LogP contribution in [0.3, 0.4) is 0 Å². The van der Waals surface area contributed by atoms with E-state index in [1.165, 1.54) is 5.56 Å². The van der Waals surface area contributed by atoms with Crippen LogP contribution in [-0.2, 0) is 11.2 Å². The van der Waals surface area contributed by atoms with Gasteiger partial charge in [-0.05, 0) is 52.2 Å². The smallest absolute Gasteiger partial charge is 0.264 e. The van der Waals surface area contributed by atoms with Crippen molar-refractivity contribution in [1.29, 1.82) is 0 Å². The van der Waals surface area contributed by atoms with Crippen molar-refractivity contribution in [3.05, 3.63) is 57.5 Å². The zero-order valence-electron chi connectivity index (χ0n) is 11.2. The third-order valence-corrected chi connectivity index (χ3v) is 4.29. The Labute approximate surface area is 136 Å². The van der Waals surface area contributed by atoms with Crippen molar-refractivity contribution in [2.45, 2.75) is 6.42 Å². The van der Waals surface area contributed by atoms with Crippen LogP contribution in [0.2, 0.25) is 5.02 Å². The molecule has 5 heteroatoms. The molecule has 21 heavy (non-hydrogen) atoms. The number of hydrogen-bond acceptors (Lipinski definition) is 2. The Kier molecular flexibility index (Phi) is 4.17. The monoisotopic (exact) mass is 365 g/mol. The number of rotatable bonds is 3. The van der Waals surface area contributed by atoms with Gasteiger partial charge in [-0.3, -0.25) is 4.79 Å². The molecule has 1 aliphatic rings. The molecule has 0 N–H and O–H groups in total. The molecule has 2 aromatic carbocycles. The lowest BCUT2D eigenvalue weighted by atomic mass is 10.2. The lowest BCUT2D eigenvalue weighted by Crippen LogP contribution is -2.33. The van der Waals surface area contributed by atoms with Gasteiger partial charge in [-0.15, -0.1) is 0 Å². The molecule has 1 heterocycles. The number of benzene rings is 2. The second-order valence-corrected chi connectivity index (χ2v) is 6.08. The summed E-state index contributed by atoms with van der Waals surface area (Å²) in [6, 6.07) is 13.2. The fourth-order valence-corrected chi connectivity index (χ4v) is 3.20. The van der Waals surface area contributed by atoms with Gasteiger partial charge in [0.1, 0.15) is 5.75 Å². The van der Waals surface area contributed by atoms with E-state index in [0.717, 1.165) is 16.6 Å². The Bertz CT molecular complexity index is 690. The van der Waals surface area contributed by atoms with Crippen LogP contribution in [-0.4, -0.2) is 19.1 Å². The van der Waals surface area contributed by atoms with Crippen LogP contribution >= 0.6 is 27.5 Å². The number of anilines is 1. The van der Waals surface area contributed by atoms with Crippen LogP contribution in [0, 0.1) is 0 Å². The summed E-state index contributed by atoms with van der Waals surface area (Å²) in [5, 5.41) is 0.619. The van der Waals surface area contributed by atoms with E-state index in [1.807, 2.05) is 18.2 Å². The summed E-state index contributed by atoms with van der Waals surface area (Å²) in [6.07, 6.45) is 0.895. The molecule has 0 radical (unpaired) electrons. The molecule has 0 saturated heterocycles. The predicted molar refractivity (Wildman–Crippen MR) is 87.1 cm³/mol. The van der Waals surface area contributed by atoms with Crippen LogP contribution < -0.4 is 9.64 Å². The zero-order valence-corrected chi connectivity index (χ0v) is 13.5. The van der Waals surface area contributed by atoms with Crippen molar-refractivity contribution in [1.82, 2.24) is 0 Å². The van der Waals surface area contributed by atoms with Gasteiger partial charge in [-0.1, -0.05) is 29.8 Å². The van der Waals surface area contributed by atoms with Gasteiger partial charge < -0.3 is 9.64 Å². The quantitative estimate of drug-likeness (QED) is 0.819. The molecule has 0 saturated carbocycles. The molecule has 0 bridgehead atoms. The van der Waals surface area contributed by atoms with E-state index in [9.17, 15) is 4.79 Å². The highest BCUT2D eigenvalue weighted by atomic mass is 79.9. The standard InChI is InChI=1S/C16H13BrClNO2/c17-13-9-12(18)5-6-15(13)21-10-16(20)19-8-7-11-3-1-2-4-14(11)19/h1-6,9H,7-8,10H2. The molecular formula is C16H13BrClNO2. The highest BCUT2D eigenvalue weighted by molar-refractivity contribution is 9.10. The van der Waals surface area contributed by atoms with Gasteiger partial charge >= 0.3 is 0 Å². The van der Waals surface area contributed by atoms with Crippen LogP contribution in [0.5, 0.6) is 5.75 Å². The van der Waals surface area contributed by atoms with E-state index in [0.29, 0.717) is 17.3 Å². The Morgan fingerprint density at radius 2 is 2.10 bits per heavy atom. The second kappa shape index (κ2) is 6.08. The summed E-state index contributed by atoms with van der Waals surface area (Å²) in [5.41, 5.74) is 2.19. The molecule has 0 spiro atoms. The summed E-state index contributed by atoms with van der Waals surface area (Å²) >= 11 is 9.25. The van der Waals surface area contributed by atoms with Crippen LogP contribution in [0.1, 0.15) is 5.56 Å². The van der Waals surface area contributed by atoms with E-state index in [2.05, 4.69) is 22.0 Å². The van der Waals surface area contributed by atoms with Crippen molar-refractivity contribution in [2.75, 3.05) is 18.1 Å². The Morgan fingerprint density at radius 3 is 2.90 bits per heavy atom. The highest BCUT2D eigenvalue weighted by Crippen LogP contribution is 2.29. The molecule has 2 aromatic rings. The molecule has 1 aliphatic heterocycles. The number of carbonyl (C=O) groups is 1. The summed E-state index contributed by atoms with van der Waals surface area (Å²) in [4.78, 5) is 14.1. The molecular weight excluding hydrogens is 354 g/mol. The third kappa shape index (κ3) is 3.06. The van der Waals surface area contributed by atoms with Gasteiger partial charge in [0.05, 0.1) is 4.47 Å². The van der Waals surface area contributed by atoms with Crippen molar-refractivity contribution in [3.8, 4) is 5.75 Å². The zero-order chi connectivity index (χ0) is 14.8. The average molecular weight is 367 g/mol. The first kappa shape index (κ1) is 14.4. The van der Waals surface area contributed by atoms with E-state index < -0.39 is 0 Å². The molecule has 0 aliphatic carbocycles. The summed E-state index contributed by atoms with van der Waals surface area (Å²) in [5.74, 6) is 0.571. The predicted octanol–water partition coefficient (Wildman–Crippen LogP) is 4.07. The number of carbonyl (C=O) groups excluding carboxylic acids is 1. The maximum atomic E-state index is 12.3. The number of para-hydroxylation sites is 1. The lowest BCUT2D eigenvalue weighted by Gasteiger charge is -2.18. The van der Waals surface area contributed by atoms with Crippen molar-refractivity contribution >= 4 is 39.1 Å². The minimum absolute atomic E-state index is 0.00850. The molecule has 108 valence electrons. The Hall–Kier alpha value is -1.52. The molecule has 3 rings (SSSR count). The van der Waals surface area contributed by atoms with Gasteiger partial charge in [0.2, 0.25) is 0 Å². The van der Waals surface area contributed by atoms with Crippen molar-refractivity contribution in [3.63, 3.8) is 0 Å². The lowest BCUT2D eigenvalue weighted by molar-refractivity contribution is -0.120. The van der Waals surface area contributed by atoms with Gasteiger partial charge in [-0.25, -0.2) is 0 Å². The van der Waals surface area contributed by atoms with Crippen molar-refractivity contribution in [2.24, 2.45) is 0 Å². The maximum absolute atomic E-state index is 12.3. The van der Waals surface area contributed by atoms with Crippen molar-refractivity contribution < 1.29 is 9.53 Å². The minimum Gasteiger partial charge on any atom is -0.483 e. The molecule has 1 amide bonds. The van der Waals surface area contributed by atoms with Gasteiger partial charge in [-0.2, -0.15) is 0 Å². The summed E-state index contributed by atoms with van der Waals surface area (Å²) in [6.45, 7) is 0.720. The van der Waals surface area contributed by atoms with Gasteiger partial charge in [0.25, 0.3) is 5.91 Å². The first-order valence-electron chi connectivity index (χ1n) is 6.61. The van der Waals surface area contributed by atoms with Crippen LogP contribution in [0.15, 0.2) is 46.9 Å². The fourth-order valence-electron chi connectivity index (χ4n) is 2.41. The van der Waals surface area contributed by atoms with E-state index >= 15 is 0 Å². The number of ether oxygens (including phenoxy) is 1. The number of amides is 1.